The highest BCUT2D eigenvalue weighted by molar-refractivity contribution is 5.67. The molecule has 154 valence electrons. The van der Waals surface area contributed by atoms with Crippen LogP contribution in [0.25, 0.3) is 0 Å². The molecule has 26 heavy (non-hydrogen) atoms. The maximum atomic E-state index is 11.8. The van der Waals surface area contributed by atoms with Crippen LogP contribution in [0.4, 0.5) is 4.79 Å². The minimum absolute atomic E-state index is 0.154. The Bertz CT molecular complexity index is 440. The summed E-state index contributed by atoms with van der Waals surface area (Å²) in [7, 11) is 0. The van der Waals surface area contributed by atoms with Crippen LogP contribution >= 0.6 is 0 Å². The van der Waals surface area contributed by atoms with Gasteiger partial charge in [0.2, 0.25) is 0 Å². The Kier molecular flexibility index (Phi) is 10.2. The maximum absolute atomic E-state index is 11.8. The predicted octanol–water partition coefficient (Wildman–Crippen LogP) is 3.48. The van der Waals surface area contributed by atoms with Crippen molar-refractivity contribution in [2.75, 3.05) is 13.2 Å². The third-order valence-corrected chi connectivity index (χ3v) is 3.76. The van der Waals surface area contributed by atoms with Crippen LogP contribution in [0.15, 0.2) is 0 Å². The number of rotatable bonds is 13. The van der Waals surface area contributed by atoms with E-state index < -0.39 is 28.9 Å². The number of amides is 1. The van der Waals surface area contributed by atoms with Gasteiger partial charge in [0, 0.05) is 25.8 Å². The first kappa shape index (κ1) is 24.7. The standard InChI is InChI=1S/C19H37NO6/c1-17(2,24)14-19(5,6)25-13-11-18(3,4)26-16(23)20-12-9-7-8-10-15(21)22/h24H,7-14H2,1-6H3,(H,20,23)(H,21,22). The summed E-state index contributed by atoms with van der Waals surface area (Å²) >= 11 is 0. The van der Waals surface area contributed by atoms with Gasteiger partial charge >= 0.3 is 12.1 Å². The quantitative estimate of drug-likeness (QED) is 0.426. The Morgan fingerprint density at radius 1 is 0.962 bits per heavy atom. The lowest BCUT2D eigenvalue weighted by molar-refractivity contribution is -0.137. The van der Waals surface area contributed by atoms with E-state index in [1.807, 2.05) is 27.7 Å². The fraction of sp³-hybridized carbons (Fsp3) is 0.895. The molecule has 0 bridgehead atoms. The third-order valence-electron chi connectivity index (χ3n) is 3.76. The number of carbonyl (C=O) groups excluding carboxylic acids is 1. The number of ether oxygens (including phenoxy) is 2. The number of carbonyl (C=O) groups is 2. The first-order valence-corrected chi connectivity index (χ1v) is 9.27. The molecule has 0 aromatic heterocycles. The number of hydrogen-bond donors (Lipinski definition) is 3. The lowest BCUT2D eigenvalue weighted by atomic mass is 9.92. The topological polar surface area (TPSA) is 105 Å². The van der Waals surface area contributed by atoms with Crippen LogP contribution < -0.4 is 5.32 Å². The van der Waals surface area contributed by atoms with Crippen molar-refractivity contribution in [1.82, 2.24) is 5.32 Å². The molecule has 0 rings (SSSR count). The fourth-order valence-electron chi connectivity index (χ4n) is 2.77. The second-order valence-corrected chi connectivity index (χ2v) is 8.63. The zero-order valence-corrected chi connectivity index (χ0v) is 17.2. The molecule has 0 unspecified atom stereocenters. The molecule has 7 nitrogen and oxygen atoms in total. The number of nitrogens with one attached hydrogen (secondary N) is 1. The summed E-state index contributed by atoms with van der Waals surface area (Å²) in [5.74, 6) is -0.799. The molecule has 0 saturated carbocycles. The largest absolute Gasteiger partial charge is 0.481 e. The van der Waals surface area contributed by atoms with Gasteiger partial charge in [0.25, 0.3) is 0 Å². The van der Waals surface area contributed by atoms with Crippen molar-refractivity contribution in [3.8, 4) is 0 Å². The van der Waals surface area contributed by atoms with Gasteiger partial charge in [-0.05, 0) is 54.4 Å². The van der Waals surface area contributed by atoms with Crippen LogP contribution in [0.2, 0.25) is 0 Å². The SMILES string of the molecule is CC(C)(O)CC(C)(C)OCCC(C)(C)OC(=O)NCCCCCC(=O)O. The zero-order chi connectivity index (χ0) is 20.4. The first-order valence-electron chi connectivity index (χ1n) is 9.27. The second kappa shape index (κ2) is 10.7. The van der Waals surface area contributed by atoms with Crippen molar-refractivity contribution < 1.29 is 29.3 Å². The number of unbranched alkanes of at least 4 members (excludes halogenated alkanes) is 2. The van der Waals surface area contributed by atoms with Crippen LogP contribution in [-0.2, 0) is 14.3 Å². The molecule has 0 aliphatic heterocycles. The third kappa shape index (κ3) is 15.0. The normalized spacial score (nSPS) is 12.7. The summed E-state index contributed by atoms with van der Waals surface area (Å²) in [5, 5.41) is 21.1. The van der Waals surface area contributed by atoms with E-state index in [1.54, 1.807) is 13.8 Å². The molecule has 0 aromatic carbocycles. The summed E-state index contributed by atoms with van der Waals surface area (Å²) < 4.78 is 11.3. The minimum atomic E-state index is -0.806. The molecule has 0 heterocycles. The number of aliphatic carboxylic acids is 1. The van der Waals surface area contributed by atoms with Gasteiger partial charge in [-0.1, -0.05) is 6.42 Å². The van der Waals surface area contributed by atoms with E-state index in [0.29, 0.717) is 32.4 Å². The molecule has 0 fully saturated rings. The molecule has 0 radical (unpaired) electrons. The van der Waals surface area contributed by atoms with Crippen molar-refractivity contribution in [3.05, 3.63) is 0 Å². The number of carboxylic acid groups (broad SMARTS) is 1. The van der Waals surface area contributed by atoms with Gasteiger partial charge in [0.05, 0.1) is 17.8 Å². The monoisotopic (exact) mass is 375 g/mol. The Morgan fingerprint density at radius 3 is 2.12 bits per heavy atom. The van der Waals surface area contributed by atoms with Gasteiger partial charge < -0.3 is 25.0 Å². The Labute approximate surface area is 157 Å². The molecular weight excluding hydrogens is 338 g/mol. The van der Waals surface area contributed by atoms with Crippen LogP contribution in [0.3, 0.4) is 0 Å². The maximum Gasteiger partial charge on any atom is 0.407 e. The molecule has 7 heteroatoms. The molecular formula is C19H37NO6. The lowest BCUT2D eigenvalue weighted by Gasteiger charge is -2.33. The average molecular weight is 376 g/mol. The minimum Gasteiger partial charge on any atom is -0.481 e. The van der Waals surface area contributed by atoms with E-state index in [0.717, 1.165) is 12.8 Å². The van der Waals surface area contributed by atoms with Gasteiger partial charge in [0.1, 0.15) is 5.60 Å². The van der Waals surface area contributed by atoms with Crippen LogP contribution in [0.5, 0.6) is 0 Å². The van der Waals surface area contributed by atoms with Crippen molar-refractivity contribution >= 4 is 12.1 Å². The summed E-state index contributed by atoms with van der Waals surface area (Å²) in [6.07, 6.45) is 2.79. The van der Waals surface area contributed by atoms with Gasteiger partial charge in [0.15, 0.2) is 0 Å². The average Bonchev–Trinajstić information content (AvgIpc) is 2.38. The van der Waals surface area contributed by atoms with Crippen molar-refractivity contribution in [1.29, 1.82) is 0 Å². The summed E-state index contributed by atoms with van der Waals surface area (Å²) in [6.45, 7) is 11.9. The van der Waals surface area contributed by atoms with E-state index >= 15 is 0 Å². The molecule has 0 aromatic rings. The van der Waals surface area contributed by atoms with Crippen molar-refractivity contribution in [3.63, 3.8) is 0 Å². The highest BCUT2D eigenvalue weighted by Crippen LogP contribution is 2.24. The van der Waals surface area contributed by atoms with Crippen molar-refractivity contribution in [2.45, 2.75) is 96.9 Å². The molecule has 1 amide bonds. The Morgan fingerprint density at radius 2 is 1.58 bits per heavy atom. The molecule has 0 spiro atoms. The van der Waals surface area contributed by atoms with E-state index in [-0.39, 0.29) is 6.42 Å². The summed E-state index contributed by atoms with van der Waals surface area (Å²) in [5.41, 5.74) is -1.94. The molecule has 0 atom stereocenters. The smallest absolute Gasteiger partial charge is 0.407 e. The Hall–Kier alpha value is -1.34. The van der Waals surface area contributed by atoms with Crippen LogP contribution in [0.1, 0.15) is 80.1 Å². The second-order valence-electron chi connectivity index (χ2n) is 8.63. The molecule has 0 saturated heterocycles. The van der Waals surface area contributed by atoms with Crippen molar-refractivity contribution in [2.24, 2.45) is 0 Å². The highest BCUT2D eigenvalue weighted by atomic mass is 16.6. The Balaban J connectivity index is 4.01. The van der Waals surface area contributed by atoms with Crippen LogP contribution in [0, 0.1) is 0 Å². The van der Waals surface area contributed by atoms with E-state index in [2.05, 4.69) is 5.32 Å². The lowest BCUT2D eigenvalue weighted by Crippen LogP contribution is -2.38. The molecule has 3 N–H and O–H groups in total. The zero-order valence-electron chi connectivity index (χ0n) is 17.2. The summed E-state index contributed by atoms with van der Waals surface area (Å²) in [4.78, 5) is 22.2. The number of alkyl carbamates (subject to hydrolysis) is 1. The van der Waals surface area contributed by atoms with E-state index in [1.165, 1.54) is 0 Å². The van der Waals surface area contributed by atoms with Gasteiger partial charge in [-0.25, -0.2) is 4.79 Å². The predicted molar refractivity (Wildman–Crippen MR) is 100 cm³/mol. The van der Waals surface area contributed by atoms with Gasteiger partial charge in [-0.2, -0.15) is 0 Å². The van der Waals surface area contributed by atoms with Gasteiger partial charge in [-0.3, -0.25) is 4.79 Å². The molecule has 0 aliphatic rings. The molecule has 0 aliphatic carbocycles. The first-order chi connectivity index (χ1) is 11.7. The van der Waals surface area contributed by atoms with E-state index in [9.17, 15) is 14.7 Å². The van der Waals surface area contributed by atoms with Gasteiger partial charge in [-0.15, -0.1) is 0 Å². The summed E-state index contributed by atoms with van der Waals surface area (Å²) in [6, 6.07) is 0. The fourth-order valence-corrected chi connectivity index (χ4v) is 2.77. The highest BCUT2D eigenvalue weighted by Gasteiger charge is 2.29. The van der Waals surface area contributed by atoms with Crippen LogP contribution in [-0.4, -0.2) is 52.2 Å². The number of carboxylic acids is 1. The van der Waals surface area contributed by atoms with E-state index in [4.69, 9.17) is 14.6 Å². The number of aliphatic hydroxyl groups is 1. The number of hydrogen-bond acceptors (Lipinski definition) is 5.